The minimum absolute atomic E-state index is 0.178. The highest BCUT2D eigenvalue weighted by Crippen LogP contribution is 2.16. The van der Waals surface area contributed by atoms with Crippen LogP contribution < -0.4 is 5.32 Å². The number of benzene rings is 1. The Morgan fingerprint density at radius 2 is 2.00 bits per heavy atom. The van der Waals surface area contributed by atoms with Crippen molar-refractivity contribution in [1.29, 1.82) is 0 Å². The normalized spacial score (nSPS) is 11.4. The molecule has 0 amide bonds. The summed E-state index contributed by atoms with van der Waals surface area (Å²) in [7, 11) is -3.14. The third-order valence-corrected chi connectivity index (χ3v) is 4.71. The van der Waals surface area contributed by atoms with Gasteiger partial charge in [0.05, 0.1) is 10.6 Å². The first-order valence-corrected chi connectivity index (χ1v) is 8.09. The van der Waals surface area contributed by atoms with Crippen molar-refractivity contribution >= 4 is 15.5 Å². The van der Waals surface area contributed by atoms with Crippen LogP contribution in [0.4, 0.5) is 5.69 Å². The van der Waals surface area contributed by atoms with Crippen LogP contribution in [0.5, 0.6) is 0 Å². The van der Waals surface area contributed by atoms with Gasteiger partial charge in [0, 0.05) is 18.7 Å². The lowest BCUT2D eigenvalue weighted by Crippen LogP contribution is -2.08. The smallest absolute Gasteiger partial charge is 0.213 e. The van der Waals surface area contributed by atoms with Crippen LogP contribution in [0.15, 0.2) is 40.1 Å². The van der Waals surface area contributed by atoms with Gasteiger partial charge in [-0.25, -0.2) is 8.42 Å². The standard InChI is InChI=1S/C13H17N3O3S/c1-2-9-20(17,18)12-5-3-11(4-6-12)14-8-7-13-15-10-19-16-13/h3-6,10,14H,2,7-9H2,1H3. The van der Waals surface area contributed by atoms with E-state index in [9.17, 15) is 8.42 Å². The first-order chi connectivity index (χ1) is 9.62. The molecule has 20 heavy (non-hydrogen) atoms. The van der Waals surface area contributed by atoms with E-state index in [1.54, 1.807) is 24.3 Å². The first kappa shape index (κ1) is 14.5. The third kappa shape index (κ3) is 3.80. The molecule has 0 bridgehead atoms. The van der Waals surface area contributed by atoms with Crippen LogP contribution in [-0.4, -0.2) is 30.9 Å². The fourth-order valence-electron chi connectivity index (χ4n) is 1.79. The van der Waals surface area contributed by atoms with Gasteiger partial charge in [0.25, 0.3) is 0 Å². The fourth-order valence-corrected chi connectivity index (χ4v) is 3.11. The second-order valence-corrected chi connectivity index (χ2v) is 6.48. The van der Waals surface area contributed by atoms with Crippen LogP contribution >= 0.6 is 0 Å². The average molecular weight is 295 g/mol. The van der Waals surface area contributed by atoms with Crippen LogP contribution in [0, 0.1) is 0 Å². The van der Waals surface area contributed by atoms with E-state index < -0.39 is 9.84 Å². The summed E-state index contributed by atoms with van der Waals surface area (Å²) in [5.41, 5.74) is 0.865. The highest BCUT2D eigenvalue weighted by molar-refractivity contribution is 7.91. The molecule has 1 aromatic carbocycles. The number of hydrogen-bond acceptors (Lipinski definition) is 6. The maximum Gasteiger partial charge on any atom is 0.213 e. The van der Waals surface area contributed by atoms with Crippen molar-refractivity contribution in [2.24, 2.45) is 0 Å². The van der Waals surface area contributed by atoms with Gasteiger partial charge < -0.3 is 9.84 Å². The molecule has 7 heteroatoms. The van der Waals surface area contributed by atoms with Gasteiger partial charge in [-0.2, -0.15) is 4.98 Å². The highest BCUT2D eigenvalue weighted by Gasteiger charge is 2.12. The number of nitrogens with one attached hydrogen (secondary N) is 1. The predicted octanol–water partition coefficient (Wildman–Crippen LogP) is 1.91. The summed E-state index contributed by atoms with van der Waals surface area (Å²) in [5.74, 6) is 0.817. The molecule has 0 spiro atoms. The minimum Gasteiger partial charge on any atom is -0.385 e. The summed E-state index contributed by atoms with van der Waals surface area (Å²) in [5, 5.41) is 6.89. The number of hydrogen-bond donors (Lipinski definition) is 1. The van der Waals surface area contributed by atoms with E-state index in [0.29, 0.717) is 30.1 Å². The van der Waals surface area contributed by atoms with Crippen molar-refractivity contribution in [2.45, 2.75) is 24.7 Å². The van der Waals surface area contributed by atoms with Crippen LogP contribution in [-0.2, 0) is 16.3 Å². The van der Waals surface area contributed by atoms with Crippen LogP contribution in [0.3, 0.4) is 0 Å². The third-order valence-electron chi connectivity index (χ3n) is 2.77. The Morgan fingerprint density at radius 3 is 2.60 bits per heavy atom. The lowest BCUT2D eigenvalue weighted by atomic mass is 10.3. The number of aromatic nitrogens is 2. The zero-order valence-electron chi connectivity index (χ0n) is 11.2. The Balaban J connectivity index is 1.91. The molecule has 0 aliphatic heterocycles. The fraction of sp³-hybridized carbons (Fsp3) is 0.385. The minimum atomic E-state index is -3.14. The molecule has 0 fully saturated rings. The molecule has 1 N–H and O–H groups in total. The van der Waals surface area contributed by atoms with Crippen molar-refractivity contribution < 1.29 is 12.9 Å². The zero-order chi connectivity index (χ0) is 14.4. The molecule has 0 saturated carbocycles. The Bertz CT molecular complexity index is 621. The summed E-state index contributed by atoms with van der Waals surface area (Å²) in [6, 6.07) is 6.78. The monoisotopic (exact) mass is 295 g/mol. The van der Waals surface area contributed by atoms with E-state index in [1.807, 2.05) is 6.92 Å². The molecule has 0 unspecified atom stereocenters. The Kier molecular flexibility index (Phi) is 4.73. The second kappa shape index (κ2) is 6.51. The van der Waals surface area contributed by atoms with Gasteiger partial charge >= 0.3 is 0 Å². The number of sulfone groups is 1. The van der Waals surface area contributed by atoms with Gasteiger partial charge in [-0.3, -0.25) is 0 Å². The number of anilines is 1. The van der Waals surface area contributed by atoms with Crippen molar-refractivity contribution in [3.8, 4) is 0 Å². The SMILES string of the molecule is CCCS(=O)(=O)c1ccc(NCCc2ncon2)cc1. The topological polar surface area (TPSA) is 85.1 Å². The summed E-state index contributed by atoms with van der Waals surface area (Å²) < 4.78 is 28.4. The first-order valence-electron chi connectivity index (χ1n) is 6.44. The quantitative estimate of drug-likeness (QED) is 0.840. The van der Waals surface area contributed by atoms with E-state index in [-0.39, 0.29) is 5.75 Å². The Hall–Kier alpha value is -1.89. The molecular weight excluding hydrogens is 278 g/mol. The van der Waals surface area contributed by atoms with E-state index in [0.717, 1.165) is 5.69 Å². The molecule has 0 atom stereocenters. The van der Waals surface area contributed by atoms with Crippen LogP contribution in [0.25, 0.3) is 0 Å². The van der Waals surface area contributed by atoms with Gasteiger partial charge in [-0.1, -0.05) is 12.1 Å². The summed E-state index contributed by atoms with van der Waals surface area (Å²) >= 11 is 0. The molecule has 0 radical (unpaired) electrons. The maximum atomic E-state index is 11.9. The van der Waals surface area contributed by atoms with Gasteiger partial charge in [-0.15, -0.1) is 0 Å². The number of nitrogens with zero attached hydrogens (tertiary/aromatic N) is 2. The van der Waals surface area contributed by atoms with Crippen LogP contribution in [0.2, 0.25) is 0 Å². The Morgan fingerprint density at radius 1 is 1.25 bits per heavy atom. The highest BCUT2D eigenvalue weighted by atomic mass is 32.2. The molecule has 2 rings (SSSR count). The van der Waals surface area contributed by atoms with Gasteiger partial charge in [-0.05, 0) is 30.7 Å². The number of rotatable bonds is 7. The zero-order valence-corrected chi connectivity index (χ0v) is 12.1. The maximum absolute atomic E-state index is 11.9. The molecule has 2 aromatic rings. The summed E-state index contributed by atoms with van der Waals surface area (Å²) in [4.78, 5) is 4.28. The van der Waals surface area contributed by atoms with E-state index in [1.165, 1.54) is 6.39 Å². The van der Waals surface area contributed by atoms with E-state index >= 15 is 0 Å². The van der Waals surface area contributed by atoms with Gasteiger partial charge in [0.15, 0.2) is 15.7 Å². The summed E-state index contributed by atoms with van der Waals surface area (Å²) in [6.07, 6.45) is 2.56. The predicted molar refractivity (Wildman–Crippen MR) is 75.3 cm³/mol. The Labute approximate surface area is 118 Å². The molecule has 108 valence electrons. The van der Waals surface area contributed by atoms with Crippen molar-refractivity contribution in [2.75, 3.05) is 17.6 Å². The largest absolute Gasteiger partial charge is 0.385 e. The molecular formula is C13H17N3O3S. The summed E-state index contributed by atoms with van der Waals surface area (Å²) in [6.45, 7) is 2.51. The van der Waals surface area contributed by atoms with Gasteiger partial charge in [0.2, 0.25) is 6.39 Å². The molecule has 1 heterocycles. The molecule has 0 aliphatic rings. The molecule has 6 nitrogen and oxygen atoms in total. The second-order valence-electron chi connectivity index (χ2n) is 4.37. The molecule has 0 aliphatic carbocycles. The molecule has 1 aromatic heterocycles. The lowest BCUT2D eigenvalue weighted by Gasteiger charge is -2.07. The van der Waals surface area contributed by atoms with Gasteiger partial charge in [0.1, 0.15) is 0 Å². The average Bonchev–Trinajstić information content (AvgIpc) is 2.92. The van der Waals surface area contributed by atoms with Crippen molar-refractivity contribution in [3.05, 3.63) is 36.5 Å². The van der Waals surface area contributed by atoms with Crippen molar-refractivity contribution in [3.63, 3.8) is 0 Å². The molecule has 0 saturated heterocycles. The van der Waals surface area contributed by atoms with E-state index in [2.05, 4.69) is 20.0 Å². The lowest BCUT2D eigenvalue weighted by molar-refractivity contribution is 0.410. The van der Waals surface area contributed by atoms with Crippen LogP contribution in [0.1, 0.15) is 19.2 Å². The van der Waals surface area contributed by atoms with E-state index in [4.69, 9.17) is 0 Å². The van der Waals surface area contributed by atoms with Crippen molar-refractivity contribution in [1.82, 2.24) is 10.1 Å².